The number of carbonyl (C=O) groups is 1. The lowest BCUT2D eigenvalue weighted by molar-refractivity contribution is -0.118. The SMILES string of the molecule is O=C(CSc1cccc2cccnc12)N/N=C\c1ccccc1OC(F)F. The van der Waals surface area contributed by atoms with Gasteiger partial charge in [-0.05, 0) is 24.3 Å². The highest BCUT2D eigenvalue weighted by Gasteiger charge is 2.08. The molecule has 0 saturated carbocycles. The minimum Gasteiger partial charge on any atom is -0.434 e. The molecule has 0 aliphatic heterocycles. The molecular weight excluding hydrogens is 372 g/mol. The number of ether oxygens (including phenoxy) is 1. The number of hydrogen-bond donors (Lipinski definition) is 1. The Labute approximate surface area is 158 Å². The van der Waals surface area contributed by atoms with Gasteiger partial charge in [0.25, 0.3) is 0 Å². The van der Waals surface area contributed by atoms with Gasteiger partial charge in [0.1, 0.15) is 5.75 Å². The Morgan fingerprint density at radius 2 is 2.00 bits per heavy atom. The molecule has 138 valence electrons. The number of halogens is 2. The van der Waals surface area contributed by atoms with Gasteiger partial charge in [-0.3, -0.25) is 9.78 Å². The van der Waals surface area contributed by atoms with Crippen LogP contribution in [0.15, 0.2) is 70.8 Å². The predicted molar refractivity (Wildman–Crippen MR) is 101 cm³/mol. The molecule has 2 aromatic carbocycles. The predicted octanol–water partition coefficient (Wildman–Crippen LogP) is 4.08. The van der Waals surface area contributed by atoms with Crippen LogP contribution in [0.1, 0.15) is 5.56 Å². The van der Waals surface area contributed by atoms with Crippen molar-refractivity contribution in [3.05, 3.63) is 66.4 Å². The average molecular weight is 387 g/mol. The Morgan fingerprint density at radius 1 is 1.19 bits per heavy atom. The van der Waals surface area contributed by atoms with Gasteiger partial charge in [0.15, 0.2) is 0 Å². The van der Waals surface area contributed by atoms with E-state index < -0.39 is 6.61 Å². The summed E-state index contributed by atoms with van der Waals surface area (Å²) in [6.07, 6.45) is 2.97. The van der Waals surface area contributed by atoms with Gasteiger partial charge in [-0.15, -0.1) is 11.8 Å². The van der Waals surface area contributed by atoms with Gasteiger partial charge in [0.05, 0.1) is 17.5 Å². The molecule has 3 rings (SSSR count). The van der Waals surface area contributed by atoms with Crippen LogP contribution < -0.4 is 10.2 Å². The molecule has 3 aromatic rings. The van der Waals surface area contributed by atoms with Crippen LogP contribution in [0.25, 0.3) is 10.9 Å². The van der Waals surface area contributed by atoms with Crippen LogP contribution in [0.3, 0.4) is 0 Å². The van der Waals surface area contributed by atoms with Gasteiger partial charge in [-0.1, -0.05) is 30.3 Å². The summed E-state index contributed by atoms with van der Waals surface area (Å²) in [6.45, 7) is -2.93. The first-order chi connectivity index (χ1) is 13.1. The molecule has 5 nitrogen and oxygen atoms in total. The van der Waals surface area contributed by atoms with E-state index in [-0.39, 0.29) is 17.4 Å². The number of benzene rings is 2. The number of hydrazone groups is 1. The van der Waals surface area contributed by atoms with Crippen molar-refractivity contribution in [2.45, 2.75) is 11.5 Å². The maximum absolute atomic E-state index is 12.4. The van der Waals surface area contributed by atoms with Gasteiger partial charge >= 0.3 is 6.61 Å². The van der Waals surface area contributed by atoms with Crippen LogP contribution >= 0.6 is 11.8 Å². The van der Waals surface area contributed by atoms with Crippen LogP contribution in [-0.2, 0) is 4.79 Å². The molecule has 1 aromatic heterocycles. The van der Waals surface area contributed by atoms with E-state index in [1.54, 1.807) is 24.4 Å². The van der Waals surface area contributed by atoms with Crippen LogP contribution in [0, 0.1) is 0 Å². The molecule has 0 aliphatic rings. The topological polar surface area (TPSA) is 63.6 Å². The third-order valence-corrected chi connectivity index (χ3v) is 4.53. The third-order valence-electron chi connectivity index (χ3n) is 3.48. The molecule has 1 amide bonds. The molecule has 8 heteroatoms. The molecule has 0 fully saturated rings. The summed E-state index contributed by atoms with van der Waals surface area (Å²) in [5, 5.41) is 4.80. The van der Waals surface area contributed by atoms with Crippen molar-refractivity contribution in [1.82, 2.24) is 10.4 Å². The number of nitrogens with one attached hydrogen (secondary N) is 1. The van der Waals surface area contributed by atoms with Gasteiger partial charge in [-0.25, -0.2) is 5.43 Å². The number of rotatable bonds is 7. The number of amides is 1. The molecular formula is C19H15F2N3O2S. The number of fused-ring (bicyclic) bond motifs is 1. The number of pyridine rings is 1. The quantitative estimate of drug-likeness (QED) is 0.377. The van der Waals surface area contributed by atoms with Crippen molar-refractivity contribution >= 4 is 34.8 Å². The molecule has 1 heterocycles. The Bertz CT molecular complexity index is 961. The smallest absolute Gasteiger partial charge is 0.387 e. The Hall–Kier alpha value is -3.00. The summed E-state index contributed by atoms with van der Waals surface area (Å²) in [4.78, 5) is 17.2. The van der Waals surface area contributed by atoms with Gasteiger partial charge < -0.3 is 4.74 Å². The van der Waals surface area contributed by atoms with Crippen molar-refractivity contribution in [1.29, 1.82) is 0 Å². The molecule has 0 aliphatic carbocycles. The summed E-state index contributed by atoms with van der Waals surface area (Å²) in [7, 11) is 0. The van der Waals surface area contributed by atoms with Crippen molar-refractivity contribution < 1.29 is 18.3 Å². The highest BCUT2D eigenvalue weighted by molar-refractivity contribution is 8.00. The summed E-state index contributed by atoms with van der Waals surface area (Å²) < 4.78 is 29.2. The van der Waals surface area contributed by atoms with E-state index in [1.165, 1.54) is 24.0 Å². The Kier molecular flexibility index (Phi) is 6.32. The zero-order chi connectivity index (χ0) is 19.1. The van der Waals surface area contributed by atoms with Crippen LogP contribution in [0.2, 0.25) is 0 Å². The maximum Gasteiger partial charge on any atom is 0.387 e. The minimum absolute atomic E-state index is 0.0123. The van der Waals surface area contributed by atoms with Gasteiger partial charge in [0, 0.05) is 22.0 Å². The standard InChI is InChI=1S/C19H15F2N3O2S/c20-19(21)26-15-8-2-1-5-14(15)11-23-24-17(25)12-27-16-9-3-6-13-7-4-10-22-18(13)16/h1-11,19H,12H2,(H,24,25)/b23-11-. The highest BCUT2D eigenvalue weighted by Crippen LogP contribution is 2.25. The first-order valence-electron chi connectivity index (χ1n) is 7.96. The average Bonchev–Trinajstić information content (AvgIpc) is 2.67. The molecule has 27 heavy (non-hydrogen) atoms. The second kappa shape index (κ2) is 9.09. The monoisotopic (exact) mass is 387 g/mol. The fourth-order valence-electron chi connectivity index (χ4n) is 2.33. The van der Waals surface area contributed by atoms with Crippen molar-refractivity contribution in [2.75, 3.05) is 5.75 Å². The lowest BCUT2D eigenvalue weighted by atomic mass is 10.2. The molecule has 0 saturated heterocycles. The molecule has 1 N–H and O–H groups in total. The number of alkyl halides is 2. The summed E-state index contributed by atoms with van der Waals surface area (Å²) in [6, 6.07) is 15.8. The number of hydrogen-bond acceptors (Lipinski definition) is 5. The summed E-state index contributed by atoms with van der Waals surface area (Å²) in [5.41, 5.74) is 3.55. The molecule has 0 spiro atoms. The number of thioether (sulfide) groups is 1. The van der Waals surface area contributed by atoms with Gasteiger partial charge in [-0.2, -0.15) is 13.9 Å². The van der Waals surface area contributed by atoms with Crippen LogP contribution in [0.5, 0.6) is 5.75 Å². The Balaban J connectivity index is 1.58. The fraction of sp³-hybridized carbons (Fsp3) is 0.105. The van der Waals surface area contributed by atoms with Crippen LogP contribution in [-0.4, -0.2) is 29.5 Å². The highest BCUT2D eigenvalue weighted by atomic mass is 32.2. The normalized spacial score (nSPS) is 11.2. The van der Waals surface area contributed by atoms with E-state index in [2.05, 4.69) is 20.2 Å². The van der Waals surface area contributed by atoms with Crippen molar-refractivity contribution in [3.8, 4) is 5.75 Å². The van der Waals surface area contributed by atoms with E-state index in [9.17, 15) is 13.6 Å². The summed E-state index contributed by atoms with van der Waals surface area (Å²) in [5.74, 6) is -0.194. The van der Waals surface area contributed by atoms with Crippen molar-refractivity contribution in [2.24, 2.45) is 5.10 Å². The molecule has 0 radical (unpaired) electrons. The number of para-hydroxylation sites is 2. The number of aromatic nitrogens is 1. The maximum atomic E-state index is 12.4. The lowest BCUT2D eigenvalue weighted by Crippen LogP contribution is -2.19. The first-order valence-corrected chi connectivity index (χ1v) is 8.94. The van der Waals surface area contributed by atoms with E-state index in [0.717, 1.165) is 15.8 Å². The van der Waals surface area contributed by atoms with Crippen molar-refractivity contribution in [3.63, 3.8) is 0 Å². The lowest BCUT2D eigenvalue weighted by Gasteiger charge is -2.07. The van der Waals surface area contributed by atoms with Gasteiger partial charge in [0.2, 0.25) is 5.91 Å². The Morgan fingerprint density at radius 3 is 2.85 bits per heavy atom. The molecule has 0 atom stereocenters. The second-order valence-corrected chi connectivity index (χ2v) is 6.35. The fourth-order valence-corrected chi connectivity index (χ4v) is 3.17. The van der Waals surface area contributed by atoms with E-state index in [0.29, 0.717) is 5.56 Å². The zero-order valence-electron chi connectivity index (χ0n) is 14.0. The van der Waals surface area contributed by atoms with E-state index >= 15 is 0 Å². The number of carbonyl (C=O) groups excluding carboxylic acids is 1. The second-order valence-electron chi connectivity index (χ2n) is 5.33. The first kappa shape index (κ1) is 18.8. The molecule has 0 bridgehead atoms. The zero-order valence-corrected chi connectivity index (χ0v) is 14.8. The van der Waals surface area contributed by atoms with Crippen LogP contribution in [0.4, 0.5) is 8.78 Å². The summed E-state index contributed by atoms with van der Waals surface area (Å²) >= 11 is 1.34. The van der Waals surface area contributed by atoms with E-state index in [1.807, 2.05) is 30.3 Å². The number of nitrogens with zero attached hydrogens (tertiary/aromatic N) is 2. The third kappa shape index (κ3) is 5.24. The largest absolute Gasteiger partial charge is 0.434 e. The minimum atomic E-state index is -2.93. The molecule has 0 unspecified atom stereocenters. The van der Waals surface area contributed by atoms with E-state index in [4.69, 9.17) is 0 Å².